The predicted octanol–water partition coefficient (Wildman–Crippen LogP) is 4.89. The van der Waals surface area contributed by atoms with Gasteiger partial charge in [0.25, 0.3) is 0 Å². The molecule has 0 aromatic heterocycles. The molecule has 0 aliphatic heterocycles. The third kappa shape index (κ3) is 2.48. The van der Waals surface area contributed by atoms with Crippen molar-refractivity contribution in [1.82, 2.24) is 0 Å². The number of allylic oxidation sites excluding steroid dienone is 2. The van der Waals surface area contributed by atoms with Gasteiger partial charge in [-0.05, 0) is 87.0 Å². The monoisotopic (exact) mass is 350 g/mol. The Hall–Kier alpha value is -1.57. The molecule has 138 valence electrons. The van der Waals surface area contributed by atoms with Crippen LogP contribution in [0.2, 0.25) is 0 Å². The highest BCUT2D eigenvalue weighted by Crippen LogP contribution is 2.69. The number of fused-ring (bicyclic) bond motifs is 9. The molecule has 0 spiro atoms. The lowest BCUT2D eigenvalue weighted by atomic mass is 9.63. The zero-order chi connectivity index (χ0) is 18.1. The second kappa shape index (κ2) is 5.71. The van der Waals surface area contributed by atoms with E-state index >= 15 is 0 Å². The number of hydrogen-bond acceptors (Lipinski definition) is 2. The summed E-state index contributed by atoms with van der Waals surface area (Å²) in [4.78, 5) is 13.2. The van der Waals surface area contributed by atoms with Crippen LogP contribution in [0.5, 0.6) is 0 Å². The van der Waals surface area contributed by atoms with Crippen molar-refractivity contribution in [2.24, 2.45) is 47.3 Å². The highest BCUT2D eigenvalue weighted by molar-refractivity contribution is 5.74. The first-order chi connectivity index (χ1) is 12.4. The smallest absolute Gasteiger partial charge is 0.310 e. The molecule has 3 fully saturated rings. The average Bonchev–Trinajstić information content (AvgIpc) is 3.32. The Morgan fingerprint density at radius 1 is 1.00 bits per heavy atom. The summed E-state index contributed by atoms with van der Waals surface area (Å²) in [6, 6.07) is 10.8. The quantitative estimate of drug-likeness (QED) is 0.441. The van der Waals surface area contributed by atoms with Crippen LogP contribution in [0.4, 0.5) is 0 Å². The molecule has 3 saturated carbocycles. The number of benzene rings is 1. The van der Waals surface area contributed by atoms with Gasteiger partial charge in [-0.25, -0.2) is 0 Å². The summed E-state index contributed by atoms with van der Waals surface area (Å²) < 4.78 is 5.91. The summed E-state index contributed by atoms with van der Waals surface area (Å²) in [5.41, 5.74) is 0.971. The van der Waals surface area contributed by atoms with Crippen LogP contribution >= 0.6 is 0 Å². The topological polar surface area (TPSA) is 26.3 Å². The molecule has 1 aromatic carbocycles. The van der Waals surface area contributed by atoms with Crippen molar-refractivity contribution in [3.8, 4) is 0 Å². The highest BCUT2D eigenvalue weighted by Gasteiger charge is 2.66. The van der Waals surface area contributed by atoms with Gasteiger partial charge in [-0.3, -0.25) is 4.79 Å². The predicted molar refractivity (Wildman–Crippen MR) is 102 cm³/mol. The van der Waals surface area contributed by atoms with Crippen molar-refractivity contribution < 1.29 is 9.53 Å². The fourth-order valence-electron chi connectivity index (χ4n) is 7.05. The van der Waals surface area contributed by atoms with E-state index in [1.54, 1.807) is 0 Å². The van der Waals surface area contributed by atoms with Gasteiger partial charge in [-0.15, -0.1) is 0 Å². The van der Waals surface area contributed by atoms with E-state index < -0.39 is 5.60 Å². The normalized spacial score (nSPS) is 42.3. The Labute approximate surface area is 157 Å². The maximum atomic E-state index is 13.2. The molecule has 4 aliphatic rings. The van der Waals surface area contributed by atoms with Crippen molar-refractivity contribution in [3.05, 3.63) is 48.0 Å². The molecule has 8 atom stereocenters. The van der Waals surface area contributed by atoms with E-state index in [1.165, 1.54) is 18.4 Å². The molecule has 2 heteroatoms. The van der Waals surface area contributed by atoms with Gasteiger partial charge in [0.15, 0.2) is 0 Å². The van der Waals surface area contributed by atoms with E-state index in [2.05, 4.69) is 42.5 Å². The zero-order valence-corrected chi connectivity index (χ0v) is 16.1. The van der Waals surface area contributed by atoms with Crippen molar-refractivity contribution in [3.63, 3.8) is 0 Å². The maximum Gasteiger partial charge on any atom is 0.310 e. The zero-order valence-electron chi connectivity index (χ0n) is 16.1. The van der Waals surface area contributed by atoms with Crippen LogP contribution < -0.4 is 0 Å². The molecular formula is C24H30O2. The molecule has 0 heterocycles. The molecule has 0 amide bonds. The molecule has 8 unspecified atom stereocenters. The summed E-state index contributed by atoms with van der Waals surface area (Å²) in [6.07, 6.45) is 8.53. The summed E-state index contributed by atoms with van der Waals surface area (Å²) in [7, 11) is 0. The average molecular weight is 351 g/mol. The largest absolute Gasteiger partial charge is 0.460 e. The third-order valence-corrected chi connectivity index (χ3v) is 7.58. The first-order valence-corrected chi connectivity index (χ1v) is 10.4. The minimum atomic E-state index is -0.399. The summed E-state index contributed by atoms with van der Waals surface area (Å²) in [6.45, 7) is 5.98. The van der Waals surface area contributed by atoms with Crippen LogP contribution in [-0.2, 0) is 16.0 Å². The molecule has 5 rings (SSSR count). The van der Waals surface area contributed by atoms with Crippen molar-refractivity contribution in [2.45, 2.75) is 45.6 Å². The Bertz CT molecular complexity index is 728. The van der Waals surface area contributed by atoms with Crippen LogP contribution in [0.15, 0.2) is 42.5 Å². The highest BCUT2D eigenvalue weighted by atomic mass is 16.6. The van der Waals surface area contributed by atoms with E-state index in [9.17, 15) is 4.79 Å². The van der Waals surface area contributed by atoms with Crippen LogP contribution in [0.1, 0.15) is 39.2 Å². The third-order valence-electron chi connectivity index (χ3n) is 7.58. The second-order valence-corrected chi connectivity index (χ2v) is 10.1. The molecule has 0 saturated heterocycles. The Kier molecular flexibility index (Phi) is 3.64. The van der Waals surface area contributed by atoms with E-state index in [4.69, 9.17) is 4.74 Å². The molecule has 0 radical (unpaired) electrons. The van der Waals surface area contributed by atoms with Crippen molar-refractivity contribution in [2.75, 3.05) is 0 Å². The number of carbonyl (C=O) groups excluding carboxylic acids is 1. The van der Waals surface area contributed by atoms with Gasteiger partial charge in [-0.2, -0.15) is 0 Å². The van der Waals surface area contributed by atoms with E-state index in [-0.39, 0.29) is 11.9 Å². The van der Waals surface area contributed by atoms with Gasteiger partial charge in [0.1, 0.15) is 5.60 Å². The van der Waals surface area contributed by atoms with Crippen LogP contribution in [0, 0.1) is 47.3 Å². The Morgan fingerprint density at radius 2 is 1.65 bits per heavy atom. The lowest BCUT2D eigenvalue weighted by molar-refractivity contribution is -0.166. The van der Waals surface area contributed by atoms with Gasteiger partial charge in [0.2, 0.25) is 0 Å². The van der Waals surface area contributed by atoms with Crippen molar-refractivity contribution >= 4 is 5.97 Å². The molecule has 26 heavy (non-hydrogen) atoms. The van der Waals surface area contributed by atoms with Gasteiger partial charge >= 0.3 is 5.97 Å². The van der Waals surface area contributed by atoms with Crippen molar-refractivity contribution in [1.29, 1.82) is 0 Å². The number of carbonyl (C=O) groups is 1. The molecule has 4 bridgehead atoms. The fraction of sp³-hybridized carbons (Fsp3) is 0.625. The first-order valence-electron chi connectivity index (χ1n) is 10.4. The number of ether oxygens (including phenoxy) is 1. The Morgan fingerprint density at radius 3 is 2.31 bits per heavy atom. The summed E-state index contributed by atoms with van der Waals surface area (Å²) in [5.74, 6) is 4.90. The number of esters is 1. The van der Waals surface area contributed by atoms with Gasteiger partial charge in [0, 0.05) is 0 Å². The van der Waals surface area contributed by atoms with Crippen LogP contribution in [0.3, 0.4) is 0 Å². The Balaban J connectivity index is 1.46. The van der Waals surface area contributed by atoms with E-state index in [0.717, 1.165) is 30.1 Å². The van der Waals surface area contributed by atoms with Gasteiger partial charge in [0.05, 0.1) is 5.92 Å². The molecular weight excluding hydrogens is 320 g/mol. The fourth-order valence-corrected chi connectivity index (χ4v) is 7.05. The maximum absolute atomic E-state index is 13.2. The van der Waals surface area contributed by atoms with Crippen LogP contribution in [-0.4, -0.2) is 11.6 Å². The number of hydrogen-bond donors (Lipinski definition) is 0. The SMILES string of the molecule is CC(C)(C)OC(=O)C1C(Cc2ccccc2)C2CC1C1C3C=CC(C3)C21. The summed E-state index contributed by atoms with van der Waals surface area (Å²) >= 11 is 0. The van der Waals surface area contributed by atoms with Crippen LogP contribution in [0.25, 0.3) is 0 Å². The van der Waals surface area contributed by atoms with Gasteiger partial charge in [-0.1, -0.05) is 42.5 Å². The molecule has 0 N–H and O–H groups in total. The lowest BCUT2D eigenvalue weighted by Gasteiger charge is -2.41. The molecule has 2 nitrogen and oxygen atoms in total. The lowest BCUT2D eigenvalue weighted by Crippen LogP contribution is -2.43. The van der Waals surface area contributed by atoms with E-state index in [0.29, 0.717) is 17.8 Å². The molecule has 4 aliphatic carbocycles. The van der Waals surface area contributed by atoms with Gasteiger partial charge < -0.3 is 4.74 Å². The second-order valence-electron chi connectivity index (χ2n) is 10.1. The van der Waals surface area contributed by atoms with E-state index in [1.807, 2.05) is 20.8 Å². The standard InChI is InChI=1S/C24H30O2/c1-24(2,3)26-23(25)22-17(11-14-7-5-4-6-8-14)18-13-19(22)21-16-10-9-15(12-16)20(18)21/h4-10,15-22H,11-13H2,1-3H3. The number of rotatable bonds is 3. The molecule has 1 aromatic rings. The summed E-state index contributed by atoms with van der Waals surface area (Å²) in [5, 5.41) is 0. The minimum absolute atomic E-state index is 0.0659. The minimum Gasteiger partial charge on any atom is -0.460 e. The first kappa shape index (κ1) is 16.6.